The number of rotatable bonds is 1. The molecule has 0 unspecified atom stereocenters. The van der Waals surface area contributed by atoms with Crippen molar-refractivity contribution >= 4 is 16.0 Å². The van der Waals surface area contributed by atoms with Crippen molar-refractivity contribution in [2.45, 2.75) is 17.7 Å². The lowest BCUT2D eigenvalue weighted by molar-refractivity contribution is 0.111. The molecular weight excluding hydrogens is 340 g/mol. The van der Waals surface area contributed by atoms with Crippen molar-refractivity contribution in [3.63, 3.8) is 0 Å². The molecule has 0 aliphatic carbocycles. The van der Waals surface area contributed by atoms with Crippen LogP contribution in [-0.2, 0) is 10.0 Å². The number of fused-ring (bicyclic) bond motifs is 1. The maximum atomic E-state index is 12.5. The molecule has 1 N–H and O–H groups in total. The van der Waals surface area contributed by atoms with Crippen molar-refractivity contribution in [1.29, 1.82) is 0 Å². The molecule has 8 heteroatoms. The molecule has 0 bridgehead atoms. The maximum Gasteiger partial charge on any atom is 0.244 e. The van der Waals surface area contributed by atoms with Crippen molar-refractivity contribution in [2.75, 3.05) is 31.1 Å². The number of hydrogen-bond donors (Lipinski definition) is 1. The quantitative estimate of drug-likeness (QED) is 0.828. The molecule has 0 radical (unpaired) electrons. The van der Waals surface area contributed by atoms with E-state index in [0.717, 1.165) is 31.9 Å². The minimum atomic E-state index is -3.56. The minimum absolute atomic E-state index is 0.208. The van der Waals surface area contributed by atoms with Crippen LogP contribution < -0.4 is 14.4 Å². The van der Waals surface area contributed by atoms with Gasteiger partial charge in [-0.15, -0.1) is 0 Å². The van der Waals surface area contributed by atoms with Crippen LogP contribution in [0.15, 0.2) is 47.6 Å². The van der Waals surface area contributed by atoms with Crippen molar-refractivity contribution in [3.05, 3.63) is 42.7 Å². The van der Waals surface area contributed by atoms with Crippen molar-refractivity contribution in [1.82, 2.24) is 14.7 Å². The number of nitrogens with one attached hydrogen (secondary N) is 1. The fourth-order valence-corrected chi connectivity index (χ4v) is 4.66. The zero-order chi connectivity index (χ0) is 17.3. The number of hydrogen-bond acceptors (Lipinski definition) is 6. The zero-order valence-electron chi connectivity index (χ0n) is 13.8. The van der Waals surface area contributed by atoms with E-state index in [2.05, 4.69) is 19.6 Å². The molecule has 1 saturated heterocycles. The second kappa shape index (κ2) is 6.27. The molecule has 25 heavy (non-hydrogen) atoms. The van der Waals surface area contributed by atoms with Gasteiger partial charge in [-0.2, -0.15) is 0 Å². The smallest absolute Gasteiger partial charge is 0.244 e. The molecular formula is C17H20N4O3S. The summed E-state index contributed by atoms with van der Waals surface area (Å²) in [6.07, 6.45) is 5.10. The fourth-order valence-electron chi connectivity index (χ4n) is 3.36. The highest BCUT2D eigenvalue weighted by molar-refractivity contribution is 7.89. The third-order valence-corrected chi connectivity index (χ3v) is 6.41. The highest BCUT2D eigenvalue weighted by Gasteiger charge is 2.39. The van der Waals surface area contributed by atoms with Crippen LogP contribution in [0.25, 0.3) is 0 Å². The van der Waals surface area contributed by atoms with E-state index in [1.807, 2.05) is 0 Å². The Morgan fingerprint density at radius 3 is 2.56 bits per heavy atom. The molecule has 1 aromatic carbocycles. The number of sulfonamides is 1. The summed E-state index contributed by atoms with van der Waals surface area (Å²) >= 11 is 0. The SMILES string of the molecule is O=S1(=O)NCC2(CCN(c3ncccn3)CC2)COc2ccccc21. The molecule has 2 aliphatic rings. The Morgan fingerprint density at radius 1 is 1.08 bits per heavy atom. The van der Waals surface area contributed by atoms with E-state index in [1.54, 1.807) is 42.7 Å². The number of piperidine rings is 1. The predicted molar refractivity (Wildman–Crippen MR) is 93.0 cm³/mol. The van der Waals surface area contributed by atoms with Gasteiger partial charge in [-0.25, -0.2) is 23.1 Å². The number of para-hydroxylation sites is 1. The third-order valence-electron chi connectivity index (χ3n) is 4.97. The Hall–Kier alpha value is -2.19. The summed E-state index contributed by atoms with van der Waals surface area (Å²) < 4.78 is 33.8. The van der Waals surface area contributed by atoms with Gasteiger partial charge in [0.2, 0.25) is 16.0 Å². The normalized spacial score (nSPS) is 21.7. The van der Waals surface area contributed by atoms with Crippen LogP contribution in [0, 0.1) is 5.41 Å². The largest absolute Gasteiger partial charge is 0.492 e. The Bertz CT molecular complexity index is 849. The number of ether oxygens (including phenoxy) is 1. The van der Waals surface area contributed by atoms with E-state index >= 15 is 0 Å². The molecule has 3 heterocycles. The van der Waals surface area contributed by atoms with Gasteiger partial charge in [-0.1, -0.05) is 12.1 Å². The molecule has 1 spiro atoms. The van der Waals surface area contributed by atoms with Crippen LogP contribution >= 0.6 is 0 Å². The summed E-state index contributed by atoms with van der Waals surface area (Å²) in [5, 5.41) is 0. The summed E-state index contributed by atoms with van der Waals surface area (Å²) in [6.45, 7) is 2.43. The van der Waals surface area contributed by atoms with Gasteiger partial charge < -0.3 is 9.64 Å². The molecule has 4 rings (SSSR count). The van der Waals surface area contributed by atoms with Crippen molar-refractivity contribution < 1.29 is 13.2 Å². The molecule has 1 aromatic heterocycles. The highest BCUT2D eigenvalue weighted by atomic mass is 32.2. The van der Waals surface area contributed by atoms with E-state index in [9.17, 15) is 8.42 Å². The Balaban J connectivity index is 1.53. The van der Waals surface area contributed by atoms with Crippen LogP contribution in [0.2, 0.25) is 0 Å². The van der Waals surface area contributed by atoms with Crippen molar-refractivity contribution in [2.24, 2.45) is 5.41 Å². The van der Waals surface area contributed by atoms with Gasteiger partial charge in [-0.05, 0) is 31.0 Å². The molecule has 0 atom stereocenters. The van der Waals surface area contributed by atoms with Gasteiger partial charge in [-0.3, -0.25) is 0 Å². The predicted octanol–water partition coefficient (Wildman–Crippen LogP) is 1.43. The van der Waals surface area contributed by atoms with Crippen LogP contribution in [0.5, 0.6) is 5.75 Å². The van der Waals surface area contributed by atoms with Crippen LogP contribution in [-0.4, -0.2) is 44.6 Å². The maximum absolute atomic E-state index is 12.5. The standard InChI is InChI=1S/C17H20N4O3S/c22-25(23)15-5-2-1-4-14(15)24-13-17(12-20-25)6-10-21(11-7-17)16-18-8-3-9-19-16/h1-5,8-9,20H,6-7,10-13H2. The van der Waals surface area contributed by atoms with E-state index in [0.29, 0.717) is 18.9 Å². The fraction of sp³-hybridized carbons (Fsp3) is 0.412. The van der Waals surface area contributed by atoms with Crippen LogP contribution in [0.1, 0.15) is 12.8 Å². The number of nitrogens with zero attached hydrogens (tertiary/aromatic N) is 3. The number of aromatic nitrogens is 2. The first-order valence-corrected chi connectivity index (χ1v) is 9.80. The van der Waals surface area contributed by atoms with E-state index in [4.69, 9.17) is 4.74 Å². The minimum Gasteiger partial charge on any atom is -0.492 e. The summed E-state index contributed by atoms with van der Waals surface area (Å²) in [5.74, 6) is 1.14. The summed E-state index contributed by atoms with van der Waals surface area (Å²) in [5.41, 5.74) is -0.216. The molecule has 2 aromatic rings. The van der Waals surface area contributed by atoms with Gasteiger partial charge in [0.05, 0.1) is 6.61 Å². The number of benzene rings is 1. The topological polar surface area (TPSA) is 84.4 Å². The Kier molecular flexibility index (Phi) is 4.09. The summed E-state index contributed by atoms with van der Waals surface area (Å²) in [6, 6.07) is 8.57. The first-order valence-electron chi connectivity index (χ1n) is 8.32. The second-order valence-electron chi connectivity index (χ2n) is 6.60. The zero-order valence-corrected chi connectivity index (χ0v) is 14.6. The first-order chi connectivity index (χ1) is 12.1. The van der Waals surface area contributed by atoms with Gasteiger partial charge in [0.1, 0.15) is 10.6 Å². The van der Waals surface area contributed by atoms with Gasteiger partial charge in [0.15, 0.2) is 0 Å². The Morgan fingerprint density at radius 2 is 1.80 bits per heavy atom. The van der Waals surface area contributed by atoms with Gasteiger partial charge in [0, 0.05) is 37.4 Å². The monoisotopic (exact) mass is 360 g/mol. The van der Waals surface area contributed by atoms with Gasteiger partial charge in [0.25, 0.3) is 0 Å². The Labute approximate surface area is 147 Å². The highest BCUT2D eigenvalue weighted by Crippen LogP contribution is 2.36. The number of anilines is 1. The summed E-state index contributed by atoms with van der Waals surface area (Å²) in [4.78, 5) is 10.9. The third kappa shape index (κ3) is 3.19. The average molecular weight is 360 g/mol. The molecule has 7 nitrogen and oxygen atoms in total. The lowest BCUT2D eigenvalue weighted by atomic mass is 9.79. The second-order valence-corrected chi connectivity index (χ2v) is 8.33. The molecule has 2 aliphatic heterocycles. The molecule has 0 amide bonds. The molecule has 1 fully saturated rings. The van der Waals surface area contributed by atoms with Crippen LogP contribution in [0.4, 0.5) is 5.95 Å². The molecule has 132 valence electrons. The average Bonchev–Trinajstić information content (AvgIpc) is 2.66. The van der Waals surface area contributed by atoms with E-state index in [-0.39, 0.29) is 10.3 Å². The lowest BCUT2D eigenvalue weighted by Gasteiger charge is -2.42. The van der Waals surface area contributed by atoms with E-state index in [1.165, 1.54) is 0 Å². The summed E-state index contributed by atoms with van der Waals surface area (Å²) in [7, 11) is -3.56. The van der Waals surface area contributed by atoms with Crippen LogP contribution in [0.3, 0.4) is 0 Å². The van der Waals surface area contributed by atoms with E-state index < -0.39 is 10.0 Å². The molecule has 0 saturated carbocycles. The lowest BCUT2D eigenvalue weighted by Crippen LogP contribution is -2.50. The van der Waals surface area contributed by atoms with Crippen molar-refractivity contribution in [3.8, 4) is 5.75 Å². The van der Waals surface area contributed by atoms with Gasteiger partial charge >= 0.3 is 0 Å². The first kappa shape index (κ1) is 16.3.